The molecule has 2 N–H and O–H groups in total. The van der Waals surface area contributed by atoms with E-state index in [2.05, 4.69) is 5.10 Å². The van der Waals surface area contributed by atoms with Gasteiger partial charge in [-0.1, -0.05) is 24.3 Å². The molecule has 0 aliphatic carbocycles. The van der Waals surface area contributed by atoms with E-state index in [0.717, 1.165) is 11.1 Å². The number of hydrogen-bond donors (Lipinski definition) is 2. The molecule has 23 heavy (non-hydrogen) atoms. The van der Waals surface area contributed by atoms with Crippen LogP contribution in [0.2, 0.25) is 0 Å². The second kappa shape index (κ2) is 5.76. The molecule has 1 aliphatic heterocycles. The molecule has 1 aliphatic rings. The summed E-state index contributed by atoms with van der Waals surface area (Å²) in [5.74, 6) is -0.201. The highest BCUT2D eigenvalue weighted by molar-refractivity contribution is 6.05. The molecule has 118 valence electrons. The number of phenolic OH excluding ortho intramolecular Hbond substituents is 2. The summed E-state index contributed by atoms with van der Waals surface area (Å²) in [5.41, 5.74) is 3.30. The first-order chi connectivity index (χ1) is 11.0. The lowest BCUT2D eigenvalue weighted by atomic mass is 9.95. The van der Waals surface area contributed by atoms with Crippen molar-refractivity contribution in [3.63, 3.8) is 0 Å². The maximum Gasteiger partial charge on any atom is 0.240 e. The number of carbonyl (C=O) groups excluding carboxylic acids is 1. The number of hydrazone groups is 1. The summed E-state index contributed by atoms with van der Waals surface area (Å²) in [6, 6.07) is 12.1. The first kappa shape index (κ1) is 15.1. The zero-order valence-electron chi connectivity index (χ0n) is 13.0. The van der Waals surface area contributed by atoms with Crippen molar-refractivity contribution in [2.45, 2.75) is 26.3 Å². The van der Waals surface area contributed by atoms with E-state index in [1.165, 1.54) is 24.1 Å². The van der Waals surface area contributed by atoms with Gasteiger partial charge in [0.05, 0.1) is 11.8 Å². The highest BCUT2D eigenvalue weighted by atomic mass is 16.3. The van der Waals surface area contributed by atoms with Crippen molar-refractivity contribution in [3.8, 4) is 11.5 Å². The van der Waals surface area contributed by atoms with Crippen LogP contribution in [0.25, 0.3) is 0 Å². The monoisotopic (exact) mass is 310 g/mol. The Morgan fingerprint density at radius 3 is 2.61 bits per heavy atom. The van der Waals surface area contributed by atoms with E-state index >= 15 is 0 Å². The Kier molecular flexibility index (Phi) is 3.78. The summed E-state index contributed by atoms with van der Waals surface area (Å²) in [6.07, 6.45) is 0.517. The fourth-order valence-corrected chi connectivity index (χ4v) is 2.93. The van der Waals surface area contributed by atoms with Crippen LogP contribution >= 0.6 is 0 Å². The predicted molar refractivity (Wildman–Crippen MR) is 87.4 cm³/mol. The molecule has 1 atom stereocenters. The van der Waals surface area contributed by atoms with E-state index < -0.39 is 0 Å². The van der Waals surface area contributed by atoms with Gasteiger partial charge in [0.15, 0.2) is 0 Å². The lowest BCUT2D eigenvalue weighted by Gasteiger charge is -2.22. The minimum atomic E-state index is -0.183. The average molecular weight is 310 g/mol. The van der Waals surface area contributed by atoms with E-state index in [-0.39, 0.29) is 23.4 Å². The van der Waals surface area contributed by atoms with Crippen molar-refractivity contribution in [2.75, 3.05) is 0 Å². The summed E-state index contributed by atoms with van der Waals surface area (Å²) in [6.45, 7) is 3.48. The maximum atomic E-state index is 12.0. The van der Waals surface area contributed by atoms with E-state index in [1.807, 2.05) is 31.2 Å². The minimum absolute atomic E-state index is 0.0104. The van der Waals surface area contributed by atoms with Crippen molar-refractivity contribution in [1.82, 2.24) is 5.01 Å². The number of rotatable bonds is 2. The van der Waals surface area contributed by atoms with Crippen LogP contribution in [-0.4, -0.2) is 26.8 Å². The number of nitrogens with zero attached hydrogens (tertiary/aromatic N) is 2. The number of aryl methyl sites for hydroxylation is 1. The van der Waals surface area contributed by atoms with Gasteiger partial charge in [0.25, 0.3) is 0 Å². The topological polar surface area (TPSA) is 73.1 Å². The van der Waals surface area contributed by atoms with Crippen LogP contribution in [0.1, 0.15) is 36.1 Å². The highest BCUT2D eigenvalue weighted by Crippen LogP contribution is 2.36. The molecule has 2 aromatic rings. The Morgan fingerprint density at radius 1 is 1.22 bits per heavy atom. The van der Waals surface area contributed by atoms with E-state index in [4.69, 9.17) is 0 Å². The molecule has 2 aromatic carbocycles. The van der Waals surface area contributed by atoms with Crippen molar-refractivity contribution in [2.24, 2.45) is 5.10 Å². The second-order valence-electron chi connectivity index (χ2n) is 5.69. The van der Waals surface area contributed by atoms with Crippen LogP contribution in [0.15, 0.2) is 47.6 Å². The van der Waals surface area contributed by atoms with Gasteiger partial charge < -0.3 is 10.2 Å². The summed E-state index contributed by atoms with van der Waals surface area (Å²) < 4.78 is 0. The maximum absolute atomic E-state index is 12.0. The van der Waals surface area contributed by atoms with E-state index in [9.17, 15) is 15.0 Å². The van der Waals surface area contributed by atoms with Crippen LogP contribution in [-0.2, 0) is 4.79 Å². The summed E-state index contributed by atoms with van der Waals surface area (Å²) >= 11 is 0. The Bertz CT molecular complexity index is 799. The lowest BCUT2D eigenvalue weighted by molar-refractivity contribution is -0.130. The summed E-state index contributed by atoms with van der Waals surface area (Å²) in [5, 5.41) is 25.3. The molecule has 3 rings (SSSR count). The molecule has 0 fully saturated rings. The molecule has 1 amide bonds. The van der Waals surface area contributed by atoms with Gasteiger partial charge in [0, 0.05) is 25.0 Å². The average Bonchev–Trinajstić information content (AvgIpc) is 2.92. The number of hydrogen-bond acceptors (Lipinski definition) is 4. The fourth-order valence-electron chi connectivity index (χ4n) is 2.93. The number of benzene rings is 2. The highest BCUT2D eigenvalue weighted by Gasteiger charge is 2.32. The molecule has 5 nitrogen and oxygen atoms in total. The molecule has 1 unspecified atom stereocenters. The van der Waals surface area contributed by atoms with Crippen LogP contribution in [0.3, 0.4) is 0 Å². The second-order valence-corrected chi connectivity index (χ2v) is 5.69. The predicted octanol–water partition coefficient (Wildman–Crippen LogP) is 3.10. The first-order valence-electron chi connectivity index (χ1n) is 7.42. The zero-order valence-corrected chi connectivity index (χ0v) is 13.0. The standard InChI is InChI=1S/C18H18N2O3/c1-11-5-3-4-6-14(11)17-10-16(19-20(17)12(2)21)15-8-7-13(22)9-18(15)23/h3-9,17,22-23H,10H2,1-2H3. The van der Waals surface area contributed by atoms with Crippen molar-refractivity contribution in [1.29, 1.82) is 0 Å². The molecular weight excluding hydrogens is 292 g/mol. The van der Waals surface area contributed by atoms with Crippen LogP contribution < -0.4 is 0 Å². The van der Waals surface area contributed by atoms with Gasteiger partial charge in [-0.25, -0.2) is 5.01 Å². The Hall–Kier alpha value is -2.82. The number of carbonyl (C=O) groups is 1. The van der Waals surface area contributed by atoms with Crippen molar-refractivity contribution < 1.29 is 15.0 Å². The van der Waals surface area contributed by atoms with Crippen molar-refractivity contribution >= 4 is 11.6 Å². The smallest absolute Gasteiger partial charge is 0.240 e. The molecule has 0 spiro atoms. The normalized spacial score (nSPS) is 17.2. The van der Waals surface area contributed by atoms with Crippen LogP contribution in [0.4, 0.5) is 0 Å². The van der Waals surface area contributed by atoms with Gasteiger partial charge in [-0.05, 0) is 30.2 Å². The number of amides is 1. The molecule has 0 bridgehead atoms. The van der Waals surface area contributed by atoms with Gasteiger partial charge in [-0.15, -0.1) is 0 Å². The SMILES string of the molecule is CC(=O)N1N=C(c2ccc(O)cc2O)CC1c1ccccc1C. The summed E-state index contributed by atoms with van der Waals surface area (Å²) in [4.78, 5) is 12.0. The van der Waals surface area contributed by atoms with Gasteiger partial charge in [-0.3, -0.25) is 4.79 Å². The molecule has 0 saturated heterocycles. The van der Waals surface area contributed by atoms with Gasteiger partial charge in [0.2, 0.25) is 5.91 Å². The largest absolute Gasteiger partial charge is 0.508 e. The van der Waals surface area contributed by atoms with Gasteiger partial charge in [-0.2, -0.15) is 5.10 Å². The lowest BCUT2D eigenvalue weighted by Crippen LogP contribution is -2.24. The Balaban J connectivity index is 2.01. The Labute approximate surface area is 134 Å². The molecule has 1 heterocycles. The number of aromatic hydroxyl groups is 2. The van der Waals surface area contributed by atoms with Crippen molar-refractivity contribution in [3.05, 3.63) is 59.2 Å². The fraction of sp³-hybridized carbons (Fsp3) is 0.222. The first-order valence-corrected chi connectivity index (χ1v) is 7.42. The van der Waals surface area contributed by atoms with Crippen LogP contribution in [0, 0.1) is 6.92 Å². The zero-order chi connectivity index (χ0) is 16.6. The Morgan fingerprint density at radius 2 is 1.96 bits per heavy atom. The third-order valence-electron chi connectivity index (χ3n) is 4.07. The molecule has 5 heteroatoms. The van der Waals surface area contributed by atoms with Gasteiger partial charge >= 0.3 is 0 Å². The molecule has 0 aromatic heterocycles. The van der Waals surface area contributed by atoms with Gasteiger partial charge in [0.1, 0.15) is 11.5 Å². The molecule has 0 radical (unpaired) electrons. The minimum Gasteiger partial charge on any atom is -0.508 e. The van der Waals surface area contributed by atoms with E-state index in [0.29, 0.717) is 17.7 Å². The molecule has 0 saturated carbocycles. The summed E-state index contributed by atoms with van der Waals surface area (Å²) in [7, 11) is 0. The van der Waals surface area contributed by atoms with Crippen LogP contribution in [0.5, 0.6) is 11.5 Å². The van der Waals surface area contributed by atoms with E-state index in [1.54, 1.807) is 6.07 Å². The quantitative estimate of drug-likeness (QED) is 0.895. The third-order valence-corrected chi connectivity index (χ3v) is 4.07. The third kappa shape index (κ3) is 2.77. The number of phenols is 2. The molecular formula is C18H18N2O3.